The average molecular weight is 423 g/mol. The number of amides is 1. The minimum Gasteiger partial charge on any atom is -0.481 e. The van der Waals surface area contributed by atoms with Gasteiger partial charge in [-0.2, -0.15) is 5.10 Å². The van der Waals surface area contributed by atoms with Crippen LogP contribution < -0.4 is 5.32 Å². The van der Waals surface area contributed by atoms with Crippen LogP contribution in [0, 0.1) is 0 Å². The number of benzene rings is 2. The van der Waals surface area contributed by atoms with Gasteiger partial charge in [0.25, 0.3) is 5.91 Å². The highest BCUT2D eigenvalue weighted by Crippen LogP contribution is 2.24. The molecule has 0 aromatic heterocycles. The number of rotatable bonds is 6. The Balaban J connectivity index is 1.66. The van der Waals surface area contributed by atoms with Crippen LogP contribution in [0.5, 0.6) is 0 Å². The summed E-state index contributed by atoms with van der Waals surface area (Å²) in [4.78, 5) is 34.0. The van der Waals surface area contributed by atoms with Gasteiger partial charge in [-0.25, -0.2) is 4.79 Å². The van der Waals surface area contributed by atoms with E-state index in [1.807, 2.05) is 42.5 Å². The highest BCUT2D eigenvalue weighted by atomic mass is 32.2. The van der Waals surface area contributed by atoms with Gasteiger partial charge in [0.15, 0.2) is 5.17 Å². The van der Waals surface area contributed by atoms with E-state index in [0.29, 0.717) is 0 Å². The maximum atomic E-state index is 11.8. The van der Waals surface area contributed by atoms with Crippen molar-refractivity contribution in [1.82, 2.24) is 5.32 Å². The van der Waals surface area contributed by atoms with Gasteiger partial charge in [-0.15, -0.1) is 5.10 Å². The molecule has 0 spiro atoms. The lowest BCUT2D eigenvalue weighted by atomic mass is 10.0. The number of amidine groups is 1. The van der Waals surface area contributed by atoms with Gasteiger partial charge in [0.1, 0.15) is 0 Å². The van der Waals surface area contributed by atoms with Crippen molar-refractivity contribution in [3.8, 4) is 11.1 Å². The second-order valence-electron chi connectivity index (χ2n) is 6.13. The molecule has 152 valence electrons. The van der Waals surface area contributed by atoms with E-state index in [2.05, 4.69) is 20.3 Å². The Morgan fingerprint density at radius 3 is 2.63 bits per heavy atom. The summed E-state index contributed by atoms with van der Waals surface area (Å²) in [5.41, 5.74) is 3.40. The van der Waals surface area contributed by atoms with Crippen LogP contribution in [0.1, 0.15) is 11.1 Å². The Hall–Kier alpha value is -3.72. The molecular formula is C21H17N3O5S. The summed E-state index contributed by atoms with van der Waals surface area (Å²) in [6.07, 6.45) is 2.60. The van der Waals surface area contributed by atoms with Crippen LogP contribution in [-0.4, -0.2) is 41.4 Å². The molecular weight excluding hydrogens is 406 g/mol. The van der Waals surface area contributed by atoms with E-state index in [0.717, 1.165) is 40.1 Å². The molecule has 2 aromatic carbocycles. The normalized spacial score (nSPS) is 16.2. The van der Waals surface area contributed by atoms with Crippen molar-refractivity contribution in [2.75, 3.05) is 7.11 Å². The van der Waals surface area contributed by atoms with Crippen molar-refractivity contribution in [3.05, 3.63) is 70.6 Å². The Morgan fingerprint density at radius 2 is 1.93 bits per heavy atom. The molecule has 30 heavy (non-hydrogen) atoms. The van der Waals surface area contributed by atoms with Crippen LogP contribution in [0.25, 0.3) is 11.1 Å². The first-order valence-electron chi connectivity index (χ1n) is 8.75. The van der Waals surface area contributed by atoms with Gasteiger partial charge in [-0.05, 0) is 34.0 Å². The molecule has 8 nitrogen and oxygen atoms in total. The molecule has 9 heteroatoms. The SMILES string of the molecule is COC(=O)/C=C1/S/C(=N\N=Cc2ccc(-c3cccc(CC(=O)O)c3)cc2)NC1=O. The van der Waals surface area contributed by atoms with Gasteiger partial charge in [-0.3, -0.25) is 14.9 Å². The van der Waals surface area contributed by atoms with Gasteiger partial charge >= 0.3 is 11.9 Å². The maximum Gasteiger partial charge on any atom is 0.331 e. The first-order valence-corrected chi connectivity index (χ1v) is 9.57. The van der Waals surface area contributed by atoms with Crippen LogP contribution in [0.4, 0.5) is 0 Å². The zero-order valence-corrected chi connectivity index (χ0v) is 16.7. The molecule has 2 aromatic rings. The molecule has 1 aliphatic rings. The number of carbonyl (C=O) groups is 3. The van der Waals surface area contributed by atoms with Gasteiger partial charge in [0.2, 0.25) is 0 Å². The smallest absolute Gasteiger partial charge is 0.331 e. The van der Waals surface area contributed by atoms with E-state index in [9.17, 15) is 14.4 Å². The van der Waals surface area contributed by atoms with Crippen molar-refractivity contribution >= 4 is 41.0 Å². The molecule has 0 radical (unpaired) electrons. The molecule has 1 fully saturated rings. The number of hydrogen-bond acceptors (Lipinski definition) is 7. The number of carboxylic acid groups (broad SMARTS) is 1. The molecule has 2 N–H and O–H groups in total. The molecule has 0 saturated carbocycles. The number of esters is 1. The summed E-state index contributed by atoms with van der Waals surface area (Å²) in [7, 11) is 1.23. The van der Waals surface area contributed by atoms with Gasteiger partial charge in [0.05, 0.1) is 24.7 Å². The number of carboxylic acids is 1. The lowest BCUT2D eigenvalue weighted by molar-refractivity contribution is -0.136. The molecule has 1 aliphatic heterocycles. The number of thioether (sulfide) groups is 1. The third-order valence-electron chi connectivity index (χ3n) is 3.98. The zero-order chi connectivity index (χ0) is 21.5. The second kappa shape index (κ2) is 9.66. The predicted molar refractivity (Wildman–Crippen MR) is 114 cm³/mol. The second-order valence-corrected chi connectivity index (χ2v) is 7.16. The first kappa shape index (κ1) is 21.0. The molecule has 0 bridgehead atoms. The van der Waals surface area contributed by atoms with E-state index >= 15 is 0 Å². The van der Waals surface area contributed by atoms with E-state index in [4.69, 9.17) is 5.11 Å². The fraction of sp³-hybridized carbons (Fsp3) is 0.0952. The molecule has 3 rings (SSSR count). The standard InChI is InChI=1S/C21H17N3O5S/c1-29-19(27)11-17-20(28)23-21(30-17)24-22-12-13-5-7-15(8-6-13)16-4-2-3-14(9-16)10-18(25)26/h2-9,11-12H,10H2,1H3,(H,25,26)(H,23,24,28)/b17-11+,22-12?. The summed E-state index contributed by atoms with van der Waals surface area (Å²) in [6, 6.07) is 14.9. The van der Waals surface area contributed by atoms with Crippen molar-refractivity contribution in [2.45, 2.75) is 6.42 Å². The zero-order valence-electron chi connectivity index (χ0n) is 15.9. The van der Waals surface area contributed by atoms with Crippen molar-refractivity contribution < 1.29 is 24.2 Å². The van der Waals surface area contributed by atoms with Crippen LogP contribution in [0.3, 0.4) is 0 Å². The summed E-state index contributed by atoms with van der Waals surface area (Å²) in [6.45, 7) is 0. The van der Waals surface area contributed by atoms with E-state index in [-0.39, 0.29) is 16.5 Å². The monoisotopic (exact) mass is 423 g/mol. The number of methoxy groups -OCH3 is 1. The molecule has 1 heterocycles. The Labute approximate surface area is 176 Å². The number of hydrogen-bond donors (Lipinski definition) is 2. The quantitative estimate of drug-likeness (QED) is 0.319. The van der Waals surface area contributed by atoms with Crippen molar-refractivity contribution in [1.29, 1.82) is 0 Å². The molecule has 0 atom stereocenters. The number of aliphatic carboxylic acids is 1. The lowest BCUT2D eigenvalue weighted by Crippen LogP contribution is -2.19. The van der Waals surface area contributed by atoms with E-state index in [1.54, 1.807) is 6.07 Å². The maximum absolute atomic E-state index is 11.8. The summed E-state index contributed by atoms with van der Waals surface area (Å²) in [5, 5.41) is 19.6. The van der Waals surface area contributed by atoms with E-state index in [1.165, 1.54) is 13.3 Å². The molecule has 0 aliphatic carbocycles. The summed E-state index contributed by atoms with van der Waals surface area (Å²) < 4.78 is 4.50. The highest BCUT2D eigenvalue weighted by molar-refractivity contribution is 8.18. The fourth-order valence-electron chi connectivity index (χ4n) is 2.59. The molecule has 1 saturated heterocycles. The Bertz CT molecular complexity index is 1070. The number of ether oxygens (including phenoxy) is 1. The van der Waals surface area contributed by atoms with Crippen LogP contribution >= 0.6 is 11.8 Å². The van der Waals surface area contributed by atoms with Crippen molar-refractivity contribution in [2.24, 2.45) is 10.2 Å². The lowest BCUT2D eigenvalue weighted by Gasteiger charge is -2.04. The molecule has 1 amide bonds. The largest absolute Gasteiger partial charge is 0.481 e. The minimum absolute atomic E-state index is 0.0238. The minimum atomic E-state index is -0.871. The number of nitrogens with zero attached hydrogens (tertiary/aromatic N) is 2. The predicted octanol–water partition coefficient (Wildman–Crippen LogP) is 2.59. The highest BCUT2D eigenvalue weighted by Gasteiger charge is 2.24. The summed E-state index contributed by atoms with van der Waals surface area (Å²) in [5.74, 6) is -1.93. The van der Waals surface area contributed by atoms with E-state index < -0.39 is 17.8 Å². The third kappa shape index (κ3) is 5.65. The van der Waals surface area contributed by atoms with Crippen molar-refractivity contribution in [3.63, 3.8) is 0 Å². The number of nitrogens with one attached hydrogen (secondary N) is 1. The Morgan fingerprint density at radius 1 is 1.17 bits per heavy atom. The van der Waals surface area contributed by atoms with Crippen LogP contribution in [0.15, 0.2) is 69.7 Å². The Kier molecular flexibility index (Phi) is 6.76. The average Bonchev–Trinajstić information content (AvgIpc) is 3.07. The third-order valence-corrected chi connectivity index (χ3v) is 4.88. The summed E-state index contributed by atoms with van der Waals surface area (Å²) >= 11 is 0.997. The topological polar surface area (TPSA) is 117 Å². The van der Waals surface area contributed by atoms with Crippen LogP contribution in [0.2, 0.25) is 0 Å². The fourth-order valence-corrected chi connectivity index (χ4v) is 3.33. The van der Waals surface area contributed by atoms with Gasteiger partial charge in [-0.1, -0.05) is 48.5 Å². The number of carbonyl (C=O) groups excluding carboxylic acids is 2. The molecule has 0 unspecified atom stereocenters. The van der Waals surface area contributed by atoms with Gasteiger partial charge in [0, 0.05) is 6.08 Å². The van der Waals surface area contributed by atoms with Gasteiger partial charge < -0.3 is 9.84 Å². The van der Waals surface area contributed by atoms with Crippen LogP contribution in [-0.2, 0) is 25.5 Å². The first-order chi connectivity index (χ1) is 14.4.